The predicted octanol–water partition coefficient (Wildman–Crippen LogP) is 3.01. The largest absolute Gasteiger partial charge is 0.330 e. The highest BCUT2D eigenvalue weighted by Crippen LogP contribution is 2.24. The van der Waals surface area contributed by atoms with Gasteiger partial charge in [0.05, 0.1) is 0 Å². The quantitative estimate of drug-likeness (QED) is 0.885. The van der Waals surface area contributed by atoms with E-state index in [2.05, 4.69) is 36.9 Å². The molecule has 1 aromatic rings. The van der Waals surface area contributed by atoms with Gasteiger partial charge in [-0.1, -0.05) is 24.6 Å². The molecule has 1 fully saturated rings. The van der Waals surface area contributed by atoms with Gasteiger partial charge in [-0.25, -0.2) is 0 Å². The first kappa shape index (κ1) is 13.6. The Morgan fingerprint density at radius 1 is 1.22 bits per heavy atom. The number of likely N-dealkylation sites (tertiary alicyclic amines) is 1. The molecule has 0 aliphatic carbocycles. The van der Waals surface area contributed by atoms with Crippen LogP contribution in [0.25, 0.3) is 0 Å². The number of benzene rings is 1. The third-order valence-electron chi connectivity index (χ3n) is 4.25. The number of hydrogen-bond acceptors (Lipinski definition) is 2. The third kappa shape index (κ3) is 3.12. The Kier molecular flexibility index (Phi) is 4.79. The molecule has 18 heavy (non-hydrogen) atoms. The predicted molar refractivity (Wildman–Crippen MR) is 77.6 cm³/mol. The number of nitrogens with zero attached hydrogens (tertiary/aromatic N) is 1. The molecule has 1 heterocycles. The summed E-state index contributed by atoms with van der Waals surface area (Å²) in [6.45, 7) is 7.60. The molecule has 1 aliphatic heterocycles. The Hall–Kier alpha value is -0.860. The van der Waals surface area contributed by atoms with Crippen LogP contribution in [0.3, 0.4) is 0 Å². The fourth-order valence-electron chi connectivity index (χ4n) is 3.09. The van der Waals surface area contributed by atoms with Crippen LogP contribution in [0, 0.1) is 13.8 Å². The number of nitrogens with two attached hydrogens (primary N) is 1. The van der Waals surface area contributed by atoms with Crippen molar-refractivity contribution in [1.29, 1.82) is 0 Å². The summed E-state index contributed by atoms with van der Waals surface area (Å²) in [4.78, 5) is 2.64. The highest BCUT2D eigenvalue weighted by atomic mass is 15.2. The van der Waals surface area contributed by atoms with E-state index in [4.69, 9.17) is 5.73 Å². The molecule has 0 bridgehead atoms. The molecule has 2 nitrogen and oxygen atoms in total. The molecule has 1 saturated heterocycles. The molecular formula is C16H26N2. The highest BCUT2D eigenvalue weighted by Gasteiger charge is 2.22. The van der Waals surface area contributed by atoms with Gasteiger partial charge in [0.15, 0.2) is 0 Å². The molecule has 1 atom stereocenters. The van der Waals surface area contributed by atoms with Crippen molar-refractivity contribution in [1.82, 2.24) is 4.90 Å². The van der Waals surface area contributed by atoms with Gasteiger partial charge in [0.1, 0.15) is 0 Å². The number of piperidine rings is 1. The maximum Gasteiger partial charge on any atom is 0.0241 e. The Morgan fingerprint density at radius 3 is 2.61 bits per heavy atom. The van der Waals surface area contributed by atoms with Crippen molar-refractivity contribution in [2.75, 3.05) is 13.1 Å². The lowest BCUT2D eigenvalue weighted by atomic mass is 9.96. The van der Waals surface area contributed by atoms with Crippen molar-refractivity contribution in [3.8, 4) is 0 Å². The lowest BCUT2D eigenvalue weighted by molar-refractivity contribution is 0.133. The minimum absolute atomic E-state index is 0.697. The number of aryl methyl sites for hydroxylation is 2. The molecule has 0 aromatic heterocycles. The lowest BCUT2D eigenvalue weighted by Crippen LogP contribution is -2.40. The van der Waals surface area contributed by atoms with Crippen molar-refractivity contribution < 1.29 is 0 Å². The second-order valence-corrected chi connectivity index (χ2v) is 5.57. The average Bonchev–Trinajstić information content (AvgIpc) is 2.36. The standard InChI is InChI=1S/C16H26N2/c1-13-6-5-7-14(2)16(13)12-18-11-4-3-8-15(18)9-10-17/h5-7,15H,3-4,8-12,17H2,1-2H3. The minimum Gasteiger partial charge on any atom is -0.330 e. The van der Waals surface area contributed by atoms with Gasteiger partial charge in [-0.15, -0.1) is 0 Å². The smallest absolute Gasteiger partial charge is 0.0241 e. The fourth-order valence-corrected chi connectivity index (χ4v) is 3.09. The van der Waals surface area contributed by atoms with Crippen LogP contribution in [-0.4, -0.2) is 24.0 Å². The number of hydrogen-bond donors (Lipinski definition) is 1. The summed E-state index contributed by atoms with van der Waals surface area (Å²) in [7, 11) is 0. The van der Waals surface area contributed by atoms with Gasteiger partial charge in [-0.3, -0.25) is 4.90 Å². The van der Waals surface area contributed by atoms with E-state index in [9.17, 15) is 0 Å². The Morgan fingerprint density at radius 2 is 1.94 bits per heavy atom. The van der Waals surface area contributed by atoms with Gasteiger partial charge in [-0.2, -0.15) is 0 Å². The van der Waals surface area contributed by atoms with Crippen LogP contribution in [-0.2, 0) is 6.54 Å². The van der Waals surface area contributed by atoms with Crippen molar-refractivity contribution in [2.45, 2.75) is 52.1 Å². The van der Waals surface area contributed by atoms with E-state index in [0.29, 0.717) is 6.04 Å². The van der Waals surface area contributed by atoms with Crippen LogP contribution in [0.2, 0.25) is 0 Å². The normalized spacial score (nSPS) is 21.2. The summed E-state index contributed by atoms with van der Waals surface area (Å²) < 4.78 is 0. The van der Waals surface area contributed by atoms with Gasteiger partial charge in [0, 0.05) is 12.6 Å². The van der Waals surface area contributed by atoms with Crippen LogP contribution in [0.15, 0.2) is 18.2 Å². The zero-order chi connectivity index (χ0) is 13.0. The summed E-state index contributed by atoms with van der Waals surface area (Å²) in [5, 5.41) is 0. The second kappa shape index (κ2) is 6.35. The molecule has 1 aliphatic rings. The van der Waals surface area contributed by atoms with Crippen LogP contribution in [0.4, 0.5) is 0 Å². The highest BCUT2D eigenvalue weighted by molar-refractivity contribution is 5.33. The maximum atomic E-state index is 5.75. The summed E-state index contributed by atoms with van der Waals surface area (Å²) in [6.07, 6.45) is 5.17. The molecule has 2 N–H and O–H groups in total. The SMILES string of the molecule is Cc1cccc(C)c1CN1CCCCC1CCN. The van der Waals surface area contributed by atoms with Crippen LogP contribution in [0.5, 0.6) is 0 Å². The topological polar surface area (TPSA) is 29.3 Å². The van der Waals surface area contributed by atoms with Crippen LogP contribution in [0.1, 0.15) is 42.4 Å². The number of rotatable bonds is 4. The summed E-state index contributed by atoms with van der Waals surface area (Å²) in [5.74, 6) is 0. The van der Waals surface area contributed by atoms with Crippen molar-refractivity contribution in [3.05, 3.63) is 34.9 Å². The minimum atomic E-state index is 0.697. The lowest BCUT2D eigenvalue weighted by Gasteiger charge is -2.36. The molecule has 100 valence electrons. The molecular weight excluding hydrogens is 220 g/mol. The Bertz CT molecular complexity index is 364. The Balaban J connectivity index is 2.11. The summed E-state index contributed by atoms with van der Waals surface area (Å²) in [6, 6.07) is 7.30. The summed E-state index contributed by atoms with van der Waals surface area (Å²) >= 11 is 0. The third-order valence-corrected chi connectivity index (χ3v) is 4.25. The molecule has 1 aromatic carbocycles. The van der Waals surface area contributed by atoms with Gasteiger partial charge < -0.3 is 5.73 Å². The van der Waals surface area contributed by atoms with Crippen LogP contribution >= 0.6 is 0 Å². The summed E-state index contributed by atoms with van der Waals surface area (Å²) in [5.41, 5.74) is 10.1. The molecule has 0 spiro atoms. The first-order valence-corrected chi connectivity index (χ1v) is 7.21. The zero-order valence-corrected chi connectivity index (χ0v) is 11.8. The Labute approximate surface area is 111 Å². The molecule has 2 heteroatoms. The maximum absolute atomic E-state index is 5.75. The van der Waals surface area contributed by atoms with E-state index in [1.165, 1.54) is 42.5 Å². The molecule has 0 amide bonds. The molecule has 0 saturated carbocycles. The van der Waals surface area contributed by atoms with E-state index in [1.54, 1.807) is 0 Å². The monoisotopic (exact) mass is 246 g/mol. The fraction of sp³-hybridized carbons (Fsp3) is 0.625. The second-order valence-electron chi connectivity index (χ2n) is 5.57. The van der Waals surface area contributed by atoms with E-state index < -0.39 is 0 Å². The van der Waals surface area contributed by atoms with E-state index in [1.807, 2.05) is 0 Å². The van der Waals surface area contributed by atoms with Crippen molar-refractivity contribution in [3.63, 3.8) is 0 Å². The average molecular weight is 246 g/mol. The first-order chi connectivity index (χ1) is 8.72. The van der Waals surface area contributed by atoms with E-state index >= 15 is 0 Å². The van der Waals surface area contributed by atoms with Crippen LogP contribution < -0.4 is 5.73 Å². The zero-order valence-electron chi connectivity index (χ0n) is 11.8. The van der Waals surface area contributed by atoms with Gasteiger partial charge >= 0.3 is 0 Å². The van der Waals surface area contributed by atoms with Gasteiger partial charge in [-0.05, 0) is 62.9 Å². The molecule has 2 rings (SSSR count). The molecule has 0 radical (unpaired) electrons. The van der Waals surface area contributed by atoms with Gasteiger partial charge in [0.25, 0.3) is 0 Å². The first-order valence-electron chi connectivity index (χ1n) is 7.21. The van der Waals surface area contributed by atoms with E-state index in [-0.39, 0.29) is 0 Å². The van der Waals surface area contributed by atoms with Crippen molar-refractivity contribution >= 4 is 0 Å². The van der Waals surface area contributed by atoms with Gasteiger partial charge in [0.2, 0.25) is 0 Å². The molecule has 1 unspecified atom stereocenters. The van der Waals surface area contributed by atoms with E-state index in [0.717, 1.165) is 19.5 Å². The van der Waals surface area contributed by atoms with Crippen molar-refractivity contribution in [2.24, 2.45) is 5.73 Å².